The van der Waals surface area contributed by atoms with Gasteiger partial charge in [0.15, 0.2) is 0 Å². The molecule has 1 atom stereocenters. The van der Waals surface area contributed by atoms with Crippen LogP contribution in [-0.4, -0.2) is 32.6 Å². The van der Waals surface area contributed by atoms with Crippen molar-refractivity contribution in [3.05, 3.63) is 30.1 Å². The minimum Gasteiger partial charge on any atom is -0.373 e. The van der Waals surface area contributed by atoms with Gasteiger partial charge in [-0.2, -0.15) is 0 Å². The zero-order chi connectivity index (χ0) is 14.8. The Morgan fingerprint density at radius 1 is 1.33 bits per heavy atom. The molecule has 0 amide bonds. The Kier molecular flexibility index (Phi) is 3.77. The van der Waals surface area contributed by atoms with Crippen LogP contribution in [-0.2, 0) is 6.54 Å². The van der Waals surface area contributed by atoms with Gasteiger partial charge in [-0.25, -0.2) is 15.0 Å². The summed E-state index contributed by atoms with van der Waals surface area (Å²) < 4.78 is 2.06. The molecule has 6 heteroatoms. The lowest BCUT2D eigenvalue weighted by molar-refractivity contribution is 0.616. The van der Waals surface area contributed by atoms with E-state index in [0.29, 0.717) is 5.92 Å². The lowest BCUT2D eigenvalue weighted by Crippen LogP contribution is -2.23. The summed E-state index contributed by atoms with van der Waals surface area (Å²) in [6.45, 7) is 5.06. The Morgan fingerprint density at radius 3 is 2.71 bits per heavy atom. The first-order valence-electron chi connectivity index (χ1n) is 7.46. The first-order chi connectivity index (χ1) is 10.2. The van der Waals surface area contributed by atoms with Gasteiger partial charge in [0, 0.05) is 43.5 Å². The summed E-state index contributed by atoms with van der Waals surface area (Å²) in [4.78, 5) is 13.4. The van der Waals surface area contributed by atoms with Crippen LogP contribution in [0.15, 0.2) is 18.7 Å². The molecule has 0 aromatic carbocycles. The van der Waals surface area contributed by atoms with Gasteiger partial charge in [-0.15, -0.1) is 0 Å². The monoisotopic (exact) mass is 286 g/mol. The summed E-state index contributed by atoms with van der Waals surface area (Å²) >= 11 is 0. The molecule has 3 rings (SSSR count). The van der Waals surface area contributed by atoms with E-state index < -0.39 is 0 Å². The second kappa shape index (κ2) is 5.71. The zero-order valence-electron chi connectivity index (χ0n) is 12.8. The van der Waals surface area contributed by atoms with Gasteiger partial charge in [-0.1, -0.05) is 0 Å². The molecule has 112 valence electrons. The van der Waals surface area contributed by atoms with E-state index >= 15 is 0 Å². The predicted octanol–water partition coefficient (Wildman–Crippen LogP) is 2.40. The van der Waals surface area contributed by atoms with Crippen LogP contribution in [0.3, 0.4) is 0 Å². The summed E-state index contributed by atoms with van der Waals surface area (Å²) in [5.74, 6) is 3.36. The van der Waals surface area contributed by atoms with Crippen molar-refractivity contribution in [2.24, 2.45) is 0 Å². The van der Waals surface area contributed by atoms with Gasteiger partial charge < -0.3 is 15.2 Å². The van der Waals surface area contributed by atoms with Gasteiger partial charge in [0.25, 0.3) is 0 Å². The highest BCUT2D eigenvalue weighted by atomic mass is 15.1. The summed E-state index contributed by atoms with van der Waals surface area (Å²) in [5.41, 5.74) is 1.07. The Morgan fingerprint density at radius 2 is 2.10 bits per heavy atom. The van der Waals surface area contributed by atoms with Crippen molar-refractivity contribution < 1.29 is 0 Å². The Hall–Kier alpha value is -2.11. The molecule has 21 heavy (non-hydrogen) atoms. The Labute approximate surface area is 125 Å². The van der Waals surface area contributed by atoms with E-state index in [2.05, 4.69) is 39.0 Å². The number of imidazole rings is 1. The highest BCUT2D eigenvalue weighted by Gasteiger charge is 2.28. The number of nitrogens with zero attached hydrogens (tertiary/aromatic N) is 4. The topological polar surface area (TPSA) is 67.7 Å². The molecule has 1 saturated carbocycles. The van der Waals surface area contributed by atoms with E-state index in [-0.39, 0.29) is 6.04 Å². The highest BCUT2D eigenvalue weighted by Crippen LogP contribution is 2.39. The lowest BCUT2D eigenvalue weighted by atomic mass is 10.2. The number of anilines is 2. The summed E-state index contributed by atoms with van der Waals surface area (Å²) in [6, 6.07) is 0.268. The molecule has 1 aliphatic rings. The van der Waals surface area contributed by atoms with Gasteiger partial charge in [0.1, 0.15) is 17.5 Å². The molecule has 0 spiro atoms. The van der Waals surface area contributed by atoms with Crippen LogP contribution < -0.4 is 10.6 Å². The second-order valence-corrected chi connectivity index (χ2v) is 5.73. The smallest absolute Gasteiger partial charge is 0.136 e. The first-order valence-corrected chi connectivity index (χ1v) is 7.46. The molecule has 0 bridgehead atoms. The molecule has 1 fully saturated rings. The van der Waals surface area contributed by atoms with Crippen molar-refractivity contribution in [1.82, 2.24) is 19.5 Å². The van der Waals surface area contributed by atoms with Crippen molar-refractivity contribution in [2.45, 2.75) is 45.2 Å². The van der Waals surface area contributed by atoms with Crippen LogP contribution in [0.5, 0.6) is 0 Å². The third-order valence-electron chi connectivity index (χ3n) is 3.77. The Balaban J connectivity index is 1.78. The van der Waals surface area contributed by atoms with Gasteiger partial charge >= 0.3 is 0 Å². The average molecular weight is 286 g/mol. The maximum absolute atomic E-state index is 4.73. The van der Waals surface area contributed by atoms with Crippen molar-refractivity contribution in [3.63, 3.8) is 0 Å². The van der Waals surface area contributed by atoms with Crippen LogP contribution in [0.1, 0.15) is 37.1 Å². The standard InChI is InChI=1S/C15H22N6/c1-10(8-21-7-6-17-9-21)18-14-11(2)13(16-3)19-15(20-14)12-4-5-12/h6-7,9-10,12H,4-5,8H2,1-3H3,(H2,16,18,19,20). The fraction of sp³-hybridized carbons (Fsp3) is 0.533. The molecule has 2 N–H and O–H groups in total. The molecule has 0 saturated heterocycles. The van der Waals surface area contributed by atoms with Crippen LogP contribution in [0.4, 0.5) is 11.6 Å². The van der Waals surface area contributed by atoms with Crippen LogP contribution in [0.2, 0.25) is 0 Å². The number of hydrogen-bond donors (Lipinski definition) is 2. The molecule has 2 aromatic heterocycles. The summed E-state index contributed by atoms with van der Waals surface area (Å²) in [7, 11) is 1.91. The molecule has 0 radical (unpaired) electrons. The van der Waals surface area contributed by atoms with Gasteiger partial charge in [-0.3, -0.25) is 0 Å². The normalized spacial score (nSPS) is 15.8. The molecule has 6 nitrogen and oxygen atoms in total. The van der Waals surface area contributed by atoms with Gasteiger partial charge in [0.2, 0.25) is 0 Å². The third kappa shape index (κ3) is 3.15. The minimum absolute atomic E-state index is 0.268. The summed E-state index contributed by atoms with van der Waals surface area (Å²) in [6.07, 6.45) is 8.01. The predicted molar refractivity (Wildman–Crippen MR) is 83.6 cm³/mol. The van der Waals surface area contributed by atoms with E-state index in [1.165, 1.54) is 12.8 Å². The lowest BCUT2D eigenvalue weighted by Gasteiger charge is -2.18. The molecular weight excluding hydrogens is 264 g/mol. The molecule has 0 aliphatic heterocycles. The highest BCUT2D eigenvalue weighted by molar-refractivity contribution is 5.57. The minimum atomic E-state index is 0.268. The number of aromatic nitrogens is 4. The van der Waals surface area contributed by atoms with E-state index in [4.69, 9.17) is 4.98 Å². The van der Waals surface area contributed by atoms with Crippen molar-refractivity contribution in [3.8, 4) is 0 Å². The Bertz CT molecular complexity index is 603. The number of nitrogens with one attached hydrogen (secondary N) is 2. The van der Waals surface area contributed by atoms with E-state index in [9.17, 15) is 0 Å². The van der Waals surface area contributed by atoms with E-state index in [1.807, 2.05) is 19.6 Å². The summed E-state index contributed by atoms with van der Waals surface area (Å²) in [5, 5.41) is 6.68. The number of hydrogen-bond acceptors (Lipinski definition) is 5. The maximum atomic E-state index is 4.73. The van der Waals surface area contributed by atoms with Crippen molar-refractivity contribution in [1.29, 1.82) is 0 Å². The second-order valence-electron chi connectivity index (χ2n) is 5.73. The van der Waals surface area contributed by atoms with E-state index in [1.54, 1.807) is 6.20 Å². The fourth-order valence-corrected chi connectivity index (χ4v) is 2.43. The van der Waals surface area contributed by atoms with Crippen molar-refractivity contribution >= 4 is 11.6 Å². The molecule has 2 heterocycles. The fourth-order valence-electron chi connectivity index (χ4n) is 2.43. The van der Waals surface area contributed by atoms with Crippen LogP contribution >= 0.6 is 0 Å². The van der Waals surface area contributed by atoms with Gasteiger partial charge in [0.05, 0.1) is 6.33 Å². The number of rotatable bonds is 6. The third-order valence-corrected chi connectivity index (χ3v) is 3.77. The van der Waals surface area contributed by atoms with Crippen molar-refractivity contribution in [2.75, 3.05) is 17.7 Å². The van der Waals surface area contributed by atoms with Crippen LogP contribution in [0, 0.1) is 6.92 Å². The maximum Gasteiger partial charge on any atom is 0.136 e. The molecule has 2 aromatic rings. The average Bonchev–Trinajstić information content (AvgIpc) is 3.20. The molecular formula is C15H22N6. The molecule has 1 aliphatic carbocycles. The first kappa shape index (κ1) is 13.9. The quantitative estimate of drug-likeness (QED) is 0.853. The van der Waals surface area contributed by atoms with Gasteiger partial charge in [-0.05, 0) is 26.7 Å². The molecule has 1 unspecified atom stereocenters. The SMILES string of the molecule is CNc1nc(C2CC2)nc(NC(C)Cn2ccnc2)c1C. The van der Waals surface area contributed by atoms with E-state index in [0.717, 1.165) is 29.6 Å². The largest absolute Gasteiger partial charge is 0.373 e. The van der Waals surface area contributed by atoms with Crippen LogP contribution in [0.25, 0.3) is 0 Å². The zero-order valence-corrected chi connectivity index (χ0v) is 12.8.